The molecule has 0 amide bonds. The monoisotopic (exact) mass is 448 g/mol. The summed E-state index contributed by atoms with van der Waals surface area (Å²) in [5.74, 6) is -0.254. The highest BCUT2D eigenvalue weighted by Crippen LogP contribution is 2.45. The molecule has 1 N–H and O–H groups in total. The van der Waals surface area contributed by atoms with Gasteiger partial charge < -0.3 is 9.52 Å². The van der Waals surface area contributed by atoms with Crippen LogP contribution < -0.4 is 0 Å². The van der Waals surface area contributed by atoms with Gasteiger partial charge in [-0.1, -0.05) is 48.5 Å². The molecule has 1 aliphatic carbocycles. The first kappa shape index (κ1) is 20.7. The van der Waals surface area contributed by atoms with Crippen molar-refractivity contribution in [2.45, 2.75) is 25.8 Å². The first-order chi connectivity index (χ1) is 16.5. The molecule has 5 heteroatoms. The first-order valence-corrected chi connectivity index (χ1v) is 11.7. The Morgan fingerprint density at radius 2 is 1.85 bits per heavy atom. The SMILES string of the molecule is Cc1c(-c2ccccc2)cccc1-c1cc2cc3c(c(C#N)c2o1)CC[C@@H]3N1CC(C(=O)O)C1. The van der Waals surface area contributed by atoms with Gasteiger partial charge in [0.05, 0.1) is 11.5 Å². The molecule has 1 aliphatic heterocycles. The number of aliphatic carboxylic acids is 1. The Kier molecular flexibility index (Phi) is 4.79. The molecule has 0 spiro atoms. The largest absolute Gasteiger partial charge is 0.481 e. The summed E-state index contributed by atoms with van der Waals surface area (Å²) < 4.78 is 6.34. The highest BCUT2D eigenvalue weighted by Gasteiger charge is 2.40. The molecule has 1 saturated heterocycles. The fourth-order valence-corrected chi connectivity index (χ4v) is 5.63. The van der Waals surface area contributed by atoms with Crippen molar-refractivity contribution < 1.29 is 14.3 Å². The molecule has 2 heterocycles. The number of furan rings is 1. The summed E-state index contributed by atoms with van der Waals surface area (Å²) in [6.45, 7) is 3.25. The van der Waals surface area contributed by atoms with Crippen molar-refractivity contribution in [2.24, 2.45) is 5.92 Å². The number of likely N-dealkylation sites (tertiary alicyclic amines) is 1. The van der Waals surface area contributed by atoms with E-state index in [0.29, 0.717) is 24.2 Å². The van der Waals surface area contributed by atoms with Crippen molar-refractivity contribution in [3.63, 3.8) is 0 Å². The first-order valence-electron chi connectivity index (χ1n) is 11.7. The summed E-state index contributed by atoms with van der Waals surface area (Å²) in [5.41, 5.74) is 7.94. The molecule has 0 radical (unpaired) electrons. The van der Waals surface area contributed by atoms with Gasteiger partial charge in [-0.3, -0.25) is 9.69 Å². The summed E-state index contributed by atoms with van der Waals surface area (Å²) in [7, 11) is 0. The number of rotatable bonds is 4. The van der Waals surface area contributed by atoms with Crippen molar-refractivity contribution in [1.82, 2.24) is 4.90 Å². The Balaban J connectivity index is 1.42. The molecule has 1 atom stereocenters. The second-order valence-electron chi connectivity index (χ2n) is 9.35. The van der Waals surface area contributed by atoms with Crippen molar-refractivity contribution >= 4 is 16.9 Å². The lowest BCUT2D eigenvalue weighted by molar-refractivity contribution is -0.148. The summed E-state index contributed by atoms with van der Waals surface area (Å²) in [6.07, 6.45) is 1.72. The zero-order chi connectivity index (χ0) is 23.4. The van der Waals surface area contributed by atoms with Crippen LogP contribution in [0.15, 0.2) is 65.1 Å². The Labute approximate surface area is 197 Å². The minimum atomic E-state index is -0.727. The highest BCUT2D eigenvalue weighted by molar-refractivity contribution is 5.90. The highest BCUT2D eigenvalue weighted by atomic mass is 16.4. The lowest BCUT2D eigenvalue weighted by atomic mass is 9.93. The Hall–Kier alpha value is -3.88. The van der Waals surface area contributed by atoms with Gasteiger partial charge in [0.1, 0.15) is 11.8 Å². The Morgan fingerprint density at radius 1 is 1.09 bits per heavy atom. The molecule has 3 aromatic carbocycles. The average Bonchev–Trinajstić information content (AvgIpc) is 3.41. The zero-order valence-corrected chi connectivity index (χ0v) is 18.9. The average molecular weight is 449 g/mol. The quantitative estimate of drug-likeness (QED) is 0.417. The van der Waals surface area contributed by atoms with Crippen LogP contribution in [-0.4, -0.2) is 29.1 Å². The molecule has 1 aromatic heterocycles. The van der Waals surface area contributed by atoms with Crippen molar-refractivity contribution in [1.29, 1.82) is 5.26 Å². The van der Waals surface area contributed by atoms with E-state index in [9.17, 15) is 15.2 Å². The fraction of sp³-hybridized carbons (Fsp3) is 0.241. The number of benzene rings is 3. The molecule has 0 unspecified atom stereocenters. The molecule has 0 bridgehead atoms. The van der Waals surface area contributed by atoms with Gasteiger partial charge in [-0.15, -0.1) is 0 Å². The zero-order valence-electron chi connectivity index (χ0n) is 18.9. The van der Waals surface area contributed by atoms with Gasteiger partial charge in [0.15, 0.2) is 5.58 Å². The number of nitriles is 1. The van der Waals surface area contributed by atoms with Crippen LogP contribution in [0.1, 0.15) is 34.7 Å². The van der Waals surface area contributed by atoms with Gasteiger partial charge in [-0.25, -0.2) is 0 Å². The van der Waals surface area contributed by atoms with Crippen LogP contribution in [0.5, 0.6) is 0 Å². The van der Waals surface area contributed by atoms with Crippen molar-refractivity contribution in [3.8, 4) is 28.5 Å². The molecule has 34 heavy (non-hydrogen) atoms. The van der Waals surface area contributed by atoms with E-state index >= 15 is 0 Å². The second kappa shape index (κ2) is 7.86. The maximum Gasteiger partial charge on any atom is 0.309 e. The molecule has 6 rings (SSSR count). The van der Waals surface area contributed by atoms with Crippen molar-refractivity contribution in [2.75, 3.05) is 13.1 Å². The van der Waals surface area contributed by atoms with Crippen LogP contribution in [0.4, 0.5) is 0 Å². The minimum absolute atomic E-state index is 0.170. The van der Waals surface area contributed by atoms with Crippen molar-refractivity contribution in [3.05, 3.63) is 82.9 Å². The summed E-state index contributed by atoms with van der Waals surface area (Å²) in [5, 5.41) is 20.2. The second-order valence-corrected chi connectivity index (χ2v) is 9.35. The molecule has 2 aliphatic rings. The van der Waals surface area contributed by atoms with Crippen LogP contribution in [0.3, 0.4) is 0 Å². The van der Waals surface area contributed by atoms with Crippen LogP contribution in [0.25, 0.3) is 33.4 Å². The van der Waals surface area contributed by atoms with Gasteiger partial charge in [0.2, 0.25) is 0 Å². The molecule has 4 aromatic rings. The number of nitrogens with zero attached hydrogens (tertiary/aromatic N) is 2. The number of hydrogen-bond donors (Lipinski definition) is 1. The predicted octanol–water partition coefficient (Wildman–Crippen LogP) is 5.95. The van der Waals surface area contributed by atoms with Gasteiger partial charge in [0, 0.05) is 30.1 Å². The van der Waals surface area contributed by atoms with E-state index in [0.717, 1.165) is 57.4 Å². The third kappa shape index (κ3) is 3.14. The van der Waals surface area contributed by atoms with E-state index in [1.807, 2.05) is 30.3 Å². The summed E-state index contributed by atoms with van der Waals surface area (Å²) >= 11 is 0. The predicted molar refractivity (Wildman–Crippen MR) is 130 cm³/mol. The van der Waals surface area contributed by atoms with E-state index in [1.165, 1.54) is 0 Å². The smallest absolute Gasteiger partial charge is 0.309 e. The van der Waals surface area contributed by atoms with Gasteiger partial charge in [-0.2, -0.15) is 5.26 Å². The molecular formula is C29H24N2O3. The van der Waals surface area contributed by atoms with Crippen LogP contribution in [0, 0.1) is 24.2 Å². The van der Waals surface area contributed by atoms with Crippen LogP contribution >= 0.6 is 0 Å². The Bertz CT molecular complexity index is 1470. The van der Waals surface area contributed by atoms with Gasteiger partial charge >= 0.3 is 5.97 Å². The molecule has 168 valence electrons. The third-order valence-corrected chi connectivity index (χ3v) is 7.47. The number of fused-ring (bicyclic) bond motifs is 2. The van der Waals surface area contributed by atoms with E-state index in [-0.39, 0.29) is 12.0 Å². The van der Waals surface area contributed by atoms with E-state index in [4.69, 9.17) is 4.42 Å². The topological polar surface area (TPSA) is 77.5 Å². The molecule has 1 fully saturated rings. The standard InChI is InChI=1S/C29H24N2O3/c1-17-21(18-6-3-2-4-7-18)8-5-9-22(17)27-13-19-12-24-23(25(14-30)28(19)34-27)10-11-26(24)31-15-20(16-31)29(32)33/h2-9,12-13,20,26H,10-11,15-16H2,1H3,(H,32,33)/t26-/m0/s1. The number of carboxylic acids is 1. The number of hydrogen-bond acceptors (Lipinski definition) is 4. The molecule has 0 saturated carbocycles. The van der Waals surface area contributed by atoms with Gasteiger partial charge in [-0.05, 0) is 59.7 Å². The number of carboxylic acid groups (broad SMARTS) is 1. The molecular weight excluding hydrogens is 424 g/mol. The van der Waals surface area contributed by atoms with E-state index in [1.54, 1.807) is 0 Å². The maximum atomic E-state index is 11.3. The maximum absolute atomic E-state index is 11.3. The summed E-state index contributed by atoms with van der Waals surface area (Å²) in [4.78, 5) is 13.5. The van der Waals surface area contributed by atoms with Crippen LogP contribution in [-0.2, 0) is 11.2 Å². The van der Waals surface area contributed by atoms with Crippen LogP contribution in [0.2, 0.25) is 0 Å². The fourth-order valence-electron chi connectivity index (χ4n) is 5.63. The lowest BCUT2D eigenvalue weighted by Gasteiger charge is -2.41. The Morgan fingerprint density at radius 3 is 2.59 bits per heavy atom. The molecule has 5 nitrogen and oxygen atoms in total. The third-order valence-electron chi connectivity index (χ3n) is 7.47. The van der Waals surface area contributed by atoms with E-state index in [2.05, 4.69) is 48.2 Å². The van der Waals surface area contributed by atoms with Gasteiger partial charge in [0.25, 0.3) is 0 Å². The lowest BCUT2D eigenvalue weighted by Crippen LogP contribution is -2.51. The normalized spacial score (nSPS) is 17.9. The number of carbonyl (C=O) groups is 1. The summed E-state index contributed by atoms with van der Waals surface area (Å²) in [6, 6.07) is 23.3. The van der Waals surface area contributed by atoms with E-state index < -0.39 is 5.97 Å². The minimum Gasteiger partial charge on any atom is -0.481 e.